The van der Waals surface area contributed by atoms with Crippen LogP contribution in [0.15, 0.2) is 12.7 Å². The van der Waals surface area contributed by atoms with E-state index in [9.17, 15) is 13.7 Å². The number of hydrogen-bond acceptors (Lipinski definition) is 11. The molecule has 1 unspecified atom stereocenters. The number of aliphatic hydroxyl groups is 6. The Balaban J connectivity index is -0.000000422. The van der Waals surface area contributed by atoms with E-state index < -0.39 is 87.4 Å². The maximum absolute atomic E-state index is 10.3. The highest BCUT2D eigenvalue weighted by Gasteiger charge is 2.32. The molecule has 0 aliphatic heterocycles. The molecule has 32 heavy (non-hydrogen) atoms. The van der Waals surface area contributed by atoms with Crippen LogP contribution < -0.4 is 0 Å². The Hall–Kier alpha value is -0.220. The van der Waals surface area contributed by atoms with Gasteiger partial charge in [-0.05, 0) is 10.6 Å². The Morgan fingerprint density at radius 2 is 0.969 bits per heavy atom. The van der Waals surface area contributed by atoms with Gasteiger partial charge in [0.15, 0.2) is 6.16 Å². The maximum Gasteiger partial charge on any atom is 0.509 e. The Morgan fingerprint density at radius 1 is 0.719 bits per heavy atom. The van der Waals surface area contributed by atoms with Crippen LogP contribution in [0.4, 0.5) is 0 Å². The molecule has 16 nitrogen and oxygen atoms in total. The van der Waals surface area contributed by atoms with Gasteiger partial charge in [-0.3, -0.25) is 9.05 Å². The van der Waals surface area contributed by atoms with Crippen LogP contribution in [-0.2, 0) is 22.7 Å². The summed E-state index contributed by atoms with van der Waals surface area (Å²) in [7, 11) is -11.2. The predicted molar refractivity (Wildman–Crippen MR) is 108 cm³/mol. The van der Waals surface area contributed by atoms with E-state index >= 15 is 0 Å². The fraction of sp³-hybridized carbons (Fsp3) is 0.846. The Kier molecular flexibility index (Phi) is 20.6. The molecule has 0 fully saturated rings. The van der Waals surface area contributed by atoms with Gasteiger partial charge in [0.2, 0.25) is 0 Å². The van der Waals surface area contributed by atoms with Crippen molar-refractivity contribution in [3.8, 4) is 0 Å². The molecule has 0 aliphatic rings. The summed E-state index contributed by atoms with van der Waals surface area (Å²) < 4.78 is 38.3. The van der Waals surface area contributed by atoms with Crippen LogP contribution >= 0.6 is 23.7 Å². The van der Waals surface area contributed by atoms with Crippen LogP contribution in [-0.4, -0.2) is 114 Å². The van der Waals surface area contributed by atoms with Crippen molar-refractivity contribution >= 4 is 23.7 Å². The molecule has 0 bridgehead atoms. The van der Waals surface area contributed by atoms with Gasteiger partial charge in [0.1, 0.15) is 0 Å². The zero-order chi connectivity index (χ0) is 26.1. The molecule has 0 rings (SSSR count). The van der Waals surface area contributed by atoms with Crippen LogP contribution in [0.1, 0.15) is 0 Å². The van der Waals surface area contributed by atoms with Gasteiger partial charge >= 0.3 is 23.7 Å². The first-order valence-electron chi connectivity index (χ1n) is 8.35. The lowest BCUT2D eigenvalue weighted by molar-refractivity contribution is -0.0325. The Bertz CT molecular complexity index is 535. The highest BCUT2D eigenvalue weighted by Crippen LogP contribution is 2.38. The van der Waals surface area contributed by atoms with Gasteiger partial charge in [-0.1, -0.05) is 6.58 Å². The van der Waals surface area contributed by atoms with Crippen LogP contribution in [0.5, 0.6) is 0 Å². The van der Waals surface area contributed by atoms with Gasteiger partial charge in [-0.25, -0.2) is 9.13 Å². The van der Waals surface area contributed by atoms with Crippen molar-refractivity contribution in [2.75, 3.05) is 59.0 Å². The molecular weight excluding hydrogens is 505 g/mol. The third-order valence-electron chi connectivity index (χ3n) is 3.38. The third kappa shape index (κ3) is 20.4. The molecule has 1 atom stereocenters. The smallest absolute Gasteiger partial charge is 0.396 e. The van der Waals surface area contributed by atoms with E-state index in [0.29, 0.717) is 0 Å². The topological polar surface area (TPSA) is 292 Å². The minimum absolute atomic E-state index is 0.204. The quantitative estimate of drug-likeness (QED) is 0.0778. The van der Waals surface area contributed by atoms with E-state index in [2.05, 4.69) is 15.6 Å². The van der Waals surface area contributed by atoms with Crippen LogP contribution in [0.25, 0.3) is 0 Å². The molecule has 19 heteroatoms. The molecule has 0 saturated heterocycles. The molecule has 0 spiro atoms. The van der Waals surface area contributed by atoms with Crippen LogP contribution in [0.2, 0.25) is 0 Å². The number of hydrogen-bond donors (Lipinski definition) is 11. The maximum atomic E-state index is 10.3. The van der Waals surface area contributed by atoms with E-state index in [-0.39, 0.29) is 6.16 Å². The van der Waals surface area contributed by atoms with Crippen molar-refractivity contribution in [1.82, 2.24) is 0 Å². The highest BCUT2D eigenvalue weighted by atomic mass is 31.2. The summed E-state index contributed by atoms with van der Waals surface area (Å²) in [6.45, 7) is -1.71. The molecule has 11 N–H and O–H groups in total. The van der Waals surface area contributed by atoms with Crippen LogP contribution in [0, 0.1) is 10.8 Å². The van der Waals surface area contributed by atoms with Gasteiger partial charge in [0, 0.05) is 0 Å². The molecule has 0 amide bonds. The van der Waals surface area contributed by atoms with Crippen molar-refractivity contribution in [2.45, 2.75) is 0 Å². The van der Waals surface area contributed by atoms with Crippen molar-refractivity contribution in [1.29, 1.82) is 0 Å². The molecule has 0 radical (unpaired) electrons. The average molecular weight is 537 g/mol. The molecule has 0 aromatic carbocycles. The van der Waals surface area contributed by atoms with Gasteiger partial charge in [0.25, 0.3) is 0 Å². The first kappa shape index (κ1) is 36.4. The summed E-state index contributed by atoms with van der Waals surface area (Å²) >= 11 is 0. The minimum Gasteiger partial charge on any atom is -0.396 e. The highest BCUT2D eigenvalue weighted by molar-refractivity contribution is 7.46. The molecule has 194 valence electrons. The van der Waals surface area contributed by atoms with Gasteiger partial charge < -0.3 is 50.2 Å². The standard InChI is InChI=1S/2C5H13O7P.C3H5O2P/c2*6-1-5(2-7,3-8)4-12-13(9,10)11;1-2-3-6(4)5/h2*6-8H,1-4H2,(H2,9,10,11);2H,1,3H2/p+1. The van der Waals surface area contributed by atoms with Gasteiger partial charge in [-0.2, -0.15) is 4.89 Å². The SMILES string of the molecule is C=CC[P+](=O)O.O=P(O)(O)OCC(CO)(CO)CO.O=P(O)(O)OCC(CO)(CO)CO. The predicted octanol–water partition coefficient (Wildman–Crippen LogP) is -2.97. The number of rotatable bonds is 14. The summed E-state index contributed by atoms with van der Waals surface area (Å²) in [6.07, 6.45) is 1.62. The first-order chi connectivity index (χ1) is 14.5. The van der Waals surface area contributed by atoms with Gasteiger partial charge in [0.05, 0.1) is 63.7 Å². The first-order valence-corrected chi connectivity index (χ1v) is 12.8. The van der Waals surface area contributed by atoms with Crippen molar-refractivity contribution < 1.29 is 77.8 Å². The number of phosphoric ester groups is 2. The second-order valence-corrected chi connectivity index (χ2v) is 9.85. The summed E-state index contributed by atoms with van der Waals surface area (Å²) in [5, 5.41) is 52.3. The molecular formula is C13H32O16P3+. The van der Waals surface area contributed by atoms with E-state index in [1.54, 1.807) is 0 Å². The van der Waals surface area contributed by atoms with Crippen molar-refractivity contribution in [3.63, 3.8) is 0 Å². The summed E-state index contributed by atoms with van der Waals surface area (Å²) in [5.74, 6) is 0. The zero-order valence-corrected chi connectivity index (χ0v) is 19.6. The Labute approximate surface area is 184 Å². The lowest BCUT2D eigenvalue weighted by Gasteiger charge is -2.26. The lowest BCUT2D eigenvalue weighted by Crippen LogP contribution is -2.38. The average Bonchev–Trinajstić information content (AvgIpc) is 2.70. The summed E-state index contributed by atoms with van der Waals surface area (Å²) in [4.78, 5) is 41.2. The van der Waals surface area contributed by atoms with E-state index in [0.717, 1.165) is 0 Å². The fourth-order valence-electron chi connectivity index (χ4n) is 1.13. The molecule has 0 aliphatic carbocycles. The largest absolute Gasteiger partial charge is 0.509 e. The fourth-order valence-corrected chi connectivity index (χ4v) is 2.23. The molecule has 0 saturated carbocycles. The number of phosphoric acid groups is 2. The molecule has 0 heterocycles. The Morgan fingerprint density at radius 3 is 1.06 bits per heavy atom. The zero-order valence-electron chi connectivity index (χ0n) is 17.0. The number of aliphatic hydroxyl groups excluding tert-OH is 6. The summed E-state index contributed by atoms with van der Waals surface area (Å²) in [6, 6.07) is 0. The lowest BCUT2D eigenvalue weighted by atomic mass is 9.93. The number of allylic oxidation sites excluding steroid dienone is 1. The third-order valence-corrected chi connectivity index (χ3v) is 4.88. The van der Waals surface area contributed by atoms with Crippen molar-refractivity contribution in [2.24, 2.45) is 10.8 Å². The van der Waals surface area contributed by atoms with Gasteiger partial charge in [-0.15, -0.1) is 0 Å². The summed E-state index contributed by atoms with van der Waals surface area (Å²) in [5.41, 5.74) is -2.83. The molecule has 0 aromatic heterocycles. The van der Waals surface area contributed by atoms with E-state index in [4.69, 9.17) is 55.1 Å². The van der Waals surface area contributed by atoms with Crippen LogP contribution in [0.3, 0.4) is 0 Å². The van der Waals surface area contributed by atoms with E-state index in [1.807, 2.05) is 0 Å². The monoisotopic (exact) mass is 537 g/mol. The van der Waals surface area contributed by atoms with Crippen molar-refractivity contribution in [3.05, 3.63) is 12.7 Å². The van der Waals surface area contributed by atoms with E-state index in [1.165, 1.54) is 6.08 Å². The molecule has 0 aromatic rings. The normalized spacial score (nSPS) is 12.8. The minimum atomic E-state index is -4.64. The second-order valence-electron chi connectivity index (χ2n) is 6.30. The second kappa shape index (κ2) is 18.2.